The summed E-state index contributed by atoms with van der Waals surface area (Å²) in [5.74, 6) is 0.669. The van der Waals surface area contributed by atoms with Crippen LogP contribution in [0.1, 0.15) is 41.6 Å². The molecule has 0 aliphatic heterocycles. The van der Waals surface area contributed by atoms with Crippen LogP contribution < -0.4 is 0 Å². The summed E-state index contributed by atoms with van der Waals surface area (Å²) in [5, 5.41) is 0. The normalized spacial score (nSPS) is 10.3. The highest BCUT2D eigenvalue weighted by atomic mass is 16.1. The number of aldehydes is 1. The summed E-state index contributed by atoms with van der Waals surface area (Å²) >= 11 is 0. The minimum atomic E-state index is 0.261. The predicted octanol–water partition coefficient (Wildman–Crippen LogP) is 1.72. The molecule has 1 aromatic heterocycles. The Morgan fingerprint density at radius 3 is 2.58 bits per heavy atom. The van der Waals surface area contributed by atoms with Gasteiger partial charge in [0.05, 0.1) is 0 Å². The summed E-state index contributed by atoms with van der Waals surface area (Å²) in [5.41, 5.74) is 1.99. The van der Waals surface area contributed by atoms with Gasteiger partial charge in [0, 0.05) is 11.9 Å². The SMILES string of the molecule is Cc1nc(C=O)ncc1C(C)C. The highest BCUT2D eigenvalue weighted by Crippen LogP contribution is 2.15. The summed E-state index contributed by atoms with van der Waals surface area (Å²) in [6, 6.07) is 0. The lowest BCUT2D eigenvalue weighted by Crippen LogP contribution is -2.01. The fraction of sp³-hybridized carbons (Fsp3) is 0.444. The molecule has 1 heterocycles. The van der Waals surface area contributed by atoms with Crippen LogP contribution in [0.2, 0.25) is 0 Å². The topological polar surface area (TPSA) is 42.9 Å². The molecule has 0 amide bonds. The molecule has 12 heavy (non-hydrogen) atoms. The van der Waals surface area contributed by atoms with Crippen molar-refractivity contribution in [3.8, 4) is 0 Å². The van der Waals surface area contributed by atoms with Crippen molar-refractivity contribution in [2.45, 2.75) is 26.7 Å². The Bertz CT molecular complexity index is 295. The van der Waals surface area contributed by atoms with Crippen molar-refractivity contribution in [3.05, 3.63) is 23.3 Å². The molecule has 0 aliphatic carbocycles. The Hall–Kier alpha value is -1.25. The van der Waals surface area contributed by atoms with Crippen molar-refractivity contribution in [2.24, 2.45) is 0 Å². The van der Waals surface area contributed by atoms with Gasteiger partial charge in [0.1, 0.15) is 0 Å². The van der Waals surface area contributed by atoms with Gasteiger partial charge < -0.3 is 0 Å². The average Bonchev–Trinajstić information content (AvgIpc) is 2.03. The summed E-state index contributed by atoms with van der Waals surface area (Å²) in [6.07, 6.45) is 2.38. The summed E-state index contributed by atoms with van der Waals surface area (Å²) in [4.78, 5) is 18.2. The number of aryl methyl sites for hydroxylation is 1. The first kappa shape index (κ1) is 8.84. The standard InChI is InChI=1S/C9H12N2O/c1-6(2)8-4-10-9(5-12)11-7(8)3/h4-6H,1-3H3. The summed E-state index contributed by atoms with van der Waals surface area (Å²) in [7, 11) is 0. The predicted molar refractivity (Wildman–Crippen MR) is 46.2 cm³/mol. The van der Waals surface area contributed by atoms with E-state index < -0.39 is 0 Å². The fourth-order valence-corrected chi connectivity index (χ4v) is 1.12. The smallest absolute Gasteiger partial charge is 0.192 e. The molecule has 0 bridgehead atoms. The van der Waals surface area contributed by atoms with E-state index in [1.165, 1.54) is 0 Å². The Morgan fingerprint density at radius 1 is 1.50 bits per heavy atom. The second kappa shape index (κ2) is 3.43. The van der Waals surface area contributed by atoms with Crippen LogP contribution in [-0.2, 0) is 0 Å². The maximum atomic E-state index is 10.3. The van der Waals surface area contributed by atoms with Crippen molar-refractivity contribution in [1.82, 2.24) is 9.97 Å². The van der Waals surface area contributed by atoms with E-state index in [1.54, 1.807) is 6.20 Å². The van der Waals surface area contributed by atoms with Gasteiger partial charge >= 0.3 is 0 Å². The summed E-state index contributed by atoms with van der Waals surface area (Å²) < 4.78 is 0. The molecule has 0 unspecified atom stereocenters. The average molecular weight is 164 g/mol. The van der Waals surface area contributed by atoms with Crippen LogP contribution in [0.5, 0.6) is 0 Å². The van der Waals surface area contributed by atoms with E-state index in [4.69, 9.17) is 0 Å². The van der Waals surface area contributed by atoms with Crippen LogP contribution in [0.25, 0.3) is 0 Å². The largest absolute Gasteiger partial charge is 0.294 e. The maximum Gasteiger partial charge on any atom is 0.192 e. The molecular formula is C9H12N2O. The van der Waals surface area contributed by atoms with E-state index in [1.807, 2.05) is 6.92 Å². The minimum absolute atomic E-state index is 0.261. The molecule has 0 aromatic carbocycles. The van der Waals surface area contributed by atoms with E-state index in [0.717, 1.165) is 11.3 Å². The van der Waals surface area contributed by atoms with Gasteiger partial charge in [-0.25, -0.2) is 9.97 Å². The fourth-order valence-electron chi connectivity index (χ4n) is 1.12. The van der Waals surface area contributed by atoms with Gasteiger partial charge in [-0.3, -0.25) is 4.79 Å². The van der Waals surface area contributed by atoms with Gasteiger partial charge in [-0.2, -0.15) is 0 Å². The van der Waals surface area contributed by atoms with Crippen molar-refractivity contribution in [2.75, 3.05) is 0 Å². The monoisotopic (exact) mass is 164 g/mol. The lowest BCUT2D eigenvalue weighted by atomic mass is 10.0. The zero-order valence-corrected chi connectivity index (χ0v) is 7.53. The molecule has 0 N–H and O–H groups in total. The van der Waals surface area contributed by atoms with Crippen molar-refractivity contribution >= 4 is 6.29 Å². The molecule has 1 rings (SSSR count). The quantitative estimate of drug-likeness (QED) is 0.625. The Labute approximate surface area is 71.9 Å². The van der Waals surface area contributed by atoms with Gasteiger partial charge in [-0.15, -0.1) is 0 Å². The molecule has 0 aliphatic rings. The number of nitrogens with zero attached hydrogens (tertiary/aromatic N) is 2. The third-order valence-corrected chi connectivity index (χ3v) is 1.76. The zero-order chi connectivity index (χ0) is 9.14. The molecule has 3 heteroatoms. The van der Waals surface area contributed by atoms with Crippen LogP contribution in [0.15, 0.2) is 6.20 Å². The molecule has 3 nitrogen and oxygen atoms in total. The van der Waals surface area contributed by atoms with Crippen molar-refractivity contribution in [1.29, 1.82) is 0 Å². The third kappa shape index (κ3) is 1.67. The van der Waals surface area contributed by atoms with E-state index >= 15 is 0 Å². The van der Waals surface area contributed by atoms with Crippen LogP contribution in [0, 0.1) is 6.92 Å². The van der Waals surface area contributed by atoms with E-state index in [0.29, 0.717) is 12.2 Å². The zero-order valence-electron chi connectivity index (χ0n) is 7.53. The maximum absolute atomic E-state index is 10.3. The lowest BCUT2D eigenvalue weighted by Gasteiger charge is -2.06. The molecule has 0 radical (unpaired) electrons. The van der Waals surface area contributed by atoms with Gasteiger partial charge in [0.15, 0.2) is 12.1 Å². The van der Waals surface area contributed by atoms with Gasteiger partial charge in [-0.1, -0.05) is 13.8 Å². The van der Waals surface area contributed by atoms with Gasteiger partial charge in [0.2, 0.25) is 0 Å². The number of carbonyl (C=O) groups excluding carboxylic acids is 1. The van der Waals surface area contributed by atoms with E-state index in [2.05, 4.69) is 23.8 Å². The molecule has 64 valence electrons. The highest BCUT2D eigenvalue weighted by molar-refractivity contribution is 5.68. The number of hydrogen-bond acceptors (Lipinski definition) is 3. The molecule has 0 saturated carbocycles. The van der Waals surface area contributed by atoms with Crippen LogP contribution in [0.4, 0.5) is 0 Å². The molecule has 0 atom stereocenters. The first-order chi connectivity index (χ1) is 5.65. The number of hydrogen-bond donors (Lipinski definition) is 0. The first-order valence-corrected chi connectivity index (χ1v) is 3.94. The highest BCUT2D eigenvalue weighted by Gasteiger charge is 2.05. The Morgan fingerprint density at radius 2 is 2.17 bits per heavy atom. The molecule has 0 spiro atoms. The second-order valence-electron chi connectivity index (χ2n) is 3.04. The minimum Gasteiger partial charge on any atom is -0.294 e. The first-order valence-electron chi connectivity index (χ1n) is 3.94. The van der Waals surface area contributed by atoms with E-state index in [9.17, 15) is 4.79 Å². The van der Waals surface area contributed by atoms with Crippen LogP contribution in [0.3, 0.4) is 0 Å². The van der Waals surface area contributed by atoms with Gasteiger partial charge in [0.25, 0.3) is 0 Å². The Kier molecular flexibility index (Phi) is 2.53. The van der Waals surface area contributed by atoms with Crippen molar-refractivity contribution in [3.63, 3.8) is 0 Å². The molecular weight excluding hydrogens is 152 g/mol. The number of carbonyl (C=O) groups is 1. The molecule has 1 aromatic rings. The molecule has 0 saturated heterocycles. The second-order valence-corrected chi connectivity index (χ2v) is 3.04. The molecule has 0 fully saturated rings. The summed E-state index contributed by atoms with van der Waals surface area (Å²) in [6.45, 7) is 6.04. The van der Waals surface area contributed by atoms with Crippen LogP contribution in [-0.4, -0.2) is 16.3 Å². The number of rotatable bonds is 2. The van der Waals surface area contributed by atoms with E-state index in [-0.39, 0.29) is 5.82 Å². The third-order valence-electron chi connectivity index (χ3n) is 1.76. The van der Waals surface area contributed by atoms with Crippen LogP contribution >= 0.6 is 0 Å². The van der Waals surface area contributed by atoms with Crippen molar-refractivity contribution < 1.29 is 4.79 Å². The lowest BCUT2D eigenvalue weighted by molar-refractivity contribution is 0.111. The number of aromatic nitrogens is 2. The van der Waals surface area contributed by atoms with Gasteiger partial charge in [-0.05, 0) is 18.4 Å². The Balaban J connectivity index is 3.11.